The number of rotatable bonds is 8. The topological polar surface area (TPSA) is 76.0 Å². The number of aliphatic hydroxyl groups is 1. The summed E-state index contributed by atoms with van der Waals surface area (Å²) in [6.45, 7) is 1.96. The lowest BCUT2D eigenvalue weighted by Crippen LogP contribution is -2.37. The van der Waals surface area contributed by atoms with Gasteiger partial charge in [0.15, 0.2) is 5.75 Å². The van der Waals surface area contributed by atoms with Gasteiger partial charge in [-0.2, -0.15) is 4.89 Å². The zero-order chi connectivity index (χ0) is 13.4. The maximum absolute atomic E-state index is 11.0. The van der Waals surface area contributed by atoms with E-state index in [1.54, 1.807) is 30.3 Å². The molecule has 0 spiro atoms. The molecule has 0 saturated carbocycles. The molecule has 0 heterocycles. The third kappa shape index (κ3) is 4.73. The SMILES string of the molecule is CCCCC(O)C(OOc1ccccc1)C(=O)O. The minimum absolute atomic E-state index is 0.367. The number of benzene rings is 1. The van der Waals surface area contributed by atoms with Gasteiger partial charge in [0.05, 0.1) is 6.10 Å². The summed E-state index contributed by atoms with van der Waals surface area (Å²) in [5, 5.41) is 18.7. The van der Waals surface area contributed by atoms with Crippen LogP contribution in [0.3, 0.4) is 0 Å². The lowest BCUT2D eigenvalue weighted by molar-refractivity contribution is -0.265. The Kier molecular flexibility index (Phi) is 6.18. The fraction of sp³-hybridized carbons (Fsp3) is 0.462. The Balaban J connectivity index is 2.50. The lowest BCUT2D eigenvalue weighted by atomic mass is 10.1. The van der Waals surface area contributed by atoms with Gasteiger partial charge in [-0.25, -0.2) is 4.79 Å². The van der Waals surface area contributed by atoms with Gasteiger partial charge in [0.1, 0.15) is 0 Å². The van der Waals surface area contributed by atoms with Crippen molar-refractivity contribution in [2.24, 2.45) is 0 Å². The summed E-state index contributed by atoms with van der Waals surface area (Å²) in [5.41, 5.74) is 0. The van der Waals surface area contributed by atoms with Gasteiger partial charge in [0.2, 0.25) is 6.10 Å². The van der Waals surface area contributed by atoms with E-state index in [0.717, 1.165) is 12.8 Å². The number of carboxylic acid groups (broad SMARTS) is 1. The first-order valence-electron chi connectivity index (χ1n) is 5.94. The van der Waals surface area contributed by atoms with Crippen LogP contribution in [0.2, 0.25) is 0 Å². The molecule has 0 amide bonds. The number of unbranched alkanes of at least 4 members (excludes halogenated alkanes) is 1. The summed E-state index contributed by atoms with van der Waals surface area (Å²) < 4.78 is 0. The second-order valence-electron chi connectivity index (χ2n) is 3.96. The minimum atomic E-state index is -1.38. The lowest BCUT2D eigenvalue weighted by Gasteiger charge is -2.18. The number of aliphatic carboxylic acids is 1. The number of hydrogen-bond acceptors (Lipinski definition) is 4. The molecule has 0 radical (unpaired) electrons. The molecule has 0 bridgehead atoms. The Labute approximate surface area is 106 Å². The third-order valence-corrected chi connectivity index (χ3v) is 2.44. The van der Waals surface area contributed by atoms with Gasteiger partial charge in [0, 0.05) is 0 Å². The van der Waals surface area contributed by atoms with Crippen molar-refractivity contribution in [2.75, 3.05) is 0 Å². The van der Waals surface area contributed by atoms with Crippen molar-refractivity contribution in [1.82, 2.24) is 0 Å². The Hall–Kier alpha value is -1.59. The molecule has 5 nitrogen and oxygen atoms in total. The molecular weight excluding hydrogens is 236 g/mol. The van der Waals surface area contributed by atoms with Gasteiger partial charge in [-0.1, -0.05) is 38.0 Å². The summed E-state index contributed by atoms with van der Waals surface area (Å²) in [4.78, 5) is 20.6. The number of carbonyl (C=O) groups is 1. The molecule has 1 rings (SSSR count). The average molecular weight is 254 g/mol. The highest BCUT2D eigenvalue weighted by atomic mass is 17.2. The predicted molar refractivity (Wildman–Crippen MR) is 65.1 cm³/mol. The van der Waals surface area contributed by atoms with Crippen LogP contribution in [0, 0.1) is 0 Å². The van der Waals surface area contributed by atoms with Gasteiger partial charge in [0.25, 0.3) is 0 Å². The van der Waals surface area contributed by atoms with Crippen molar-refractivity contribution >= 4 is 5.97 Å². The van der Waals surface area contributed by atoms with Crippen molar-refractivity contribution in [3.05, 3.63) is 30.3 Å². The zero-order valence-corrected chi connectivity index (χ0v) is 10.3. The highest BCUT2D eigenvalue weighted by Gasteiger charge is 2.29. The molecule has 2 N–H and O–H groups in total. The monoisotopic (exact) mass is 254 g/mol. The van der Waals surface area contributed by atoms with Gasteiger partial charge in [-0.3, -0.25) is 0 Å². The molecule has 0 aliphatic carbocycles. The van der Waals surface area contributed by atoms with Gasteiger partial charge in [-0.15, -0.1) is 0 Å². The van der Waals surface area contributed by atoms with E-state index >= 15 is 0 Å². The summed E-state index contributed by atoms with van der Waals surface area (Å²) >= 11 is 0. The molecule has 0 aliphatic heterocycles. The maximum Gasteiger partial charge on any atom is 0.340 e. The summed E-state index contributed by atoms with van der Waals surface area (Å²) in [6.07, 6.45) is -0.475. The van der Waals surface area contributed by atoms with Crippen LogP contribution in [0.5, 0.6) is 5.75 Å². The molecule has 1 aromatic carbocycles. The van der Waals surface area contributed by atoms with Gasteiger partial charge in [-0.05, 0) is 18.6 Å². The smallest absolute Gasteiger partial charge is 0.340 e. The third-order valence-electron chi connectivity index (χ3n) is 2.44. The normalized spacial score (nSPS) is 13.9. The molecule has 0 aromatic heterocycles. The van der Waals surface area contributed by atoms with Gasteiger partial charge >= 0.3 is 5.97 Å². The summed E-state index contributed by atoms with van der Waals surface area (Å²) in [7, 11) is 0. The Morgan fingerprint density at radius 2 is 2.00 bits per heavy atom. The van der Waals surface area contributed by atoms with Crippen LogP contribution >= 0.6 is 0 Å². The van der Waals surface area contributed by atoms with E-state index in [4.69, 9.17) is 14.9 Å². The Morgan fingerprint density at radius 1 is 1.33 bits per heavy atom. The number of hydrogen-bond donors (Lipinski definition) is 2. The van der Waals surface area contributed by atoms with E-state index in [2.05, 4.69) is 0 Å². The van der Waals surface area contributed by atoms with Crippen LogP contribution in [0.1, 0.15) is 26.2 Å². The summed E-state index contributed by atoms with van der Waals surface area (Å²) in [6, 6.07) is 8.55. The summed E-state index contributed by atoms with van der Waals surface area (Å²) in [5.74, 6) is -0.846. The van der Waals surface area contributed by atoms with Crippen molar-refractivity contribution in [3.8, 4) is 5.75 Å². The van der Waals surface area contributed by atoms with Crippen LogP contribution in [-0.2, 0) is 9.68 Å². The van der Waals surface area contributed by atoms with Crippen LogP contribution in [-0.4, -0.2) is 28.4 Å². The number of aliphatic hydroxyl groups excluding tert-OH is 1. The molecule has 18 heavy (non-hydrogen) atoms. The molecule has 1 aromatic rings. The fourth-order valence-corrected chi connectivity index (χ4v) is 1.42. The maximum atomic E-state index is 11.0. The largest absolute Gasteiger partial charge is 0.479 e. The van der Waals surface area contributed by atoms with Crippen molar-refractivity contribution < 1.29 is 24.8 Å². The van der Waals surface area contributed by atoms with Crippen molar-refractivity contribution in [1.29, 1.82) is 0 Å². The number of carboxylic acids is 1. The molecule has 100 valence electrons. The van der Waals surface area contributed by atoms with E-state index in [-0.39, 0.29) is 0 Å². The highest BCUT2D eigenvalue weighted by Crippen LogP contribution is 2.13. The zero-order valence-electron chi connectivity index (χ0n) is 10.3. The second-order valence-corrected chi connectivity index (χ2v) is 3.96. The quantitative estimate of drug-likeness (QED) is 0.548. The van der Waals surface area contributed by atoms with Crippen molar-refractivity contribution in [2.45, 2.75) is 38.4 Å². The molecule has 2 unspecified atom stereocenters. The molecule has 0 aliphatic rings. The molecule has 5 heteroatoms. The molecule has 0 fully saturated rings. The van der Waals surface area contributed by atoms with Crippen LogP contribution in [0.25, 0.3) is 0 Å². The first-order chi connectivity index (χ1) is 8.65. The second kappa shape index (κ2) is 7.68. The molecular formula is C13H18O5. The van der Waals surface area contributed by atoms with E-state index in [1.807, 2.05) is 6.92 Å². The van der Waals surface area contributed by atoms with E-state index in [9.17, 15) is 9.90 Å². The average Bonchev–Trinajstić information content (AvgIpc) is 2.37. The van der Waals surface area contributed by atoms with Crippen LogP contribution in [0.15, 0.2) is 30.3 Å². The first-order valence-corrected chi connectivity index (χ1v) is 5.94. The van der Waals surface area contributed by atoms with Crippen molar-refractivity contribution in [3.63, 3.8) is 0 Å². The molecule has 0 saturated heterocycles. The molecule has 2 atom stereocenters. The minimum Gasteiger partial charge on any atom is -0.479 e. The Bertz CT molecular complexity index is 352. The predicted octanol–water partition coefficient (Wildman–Crippen LogP) is 2.00. The fourth-order valence-electron chi connectivity index (χ4n) is 1.42. The first kappa shape index (κ1) is 14.5. The van der Waals surface area contributed by atoms with Crippen LogP contribution < -0.4 is 4.89 Å². The standard InChI is InChI=1S/C13H18O5/c1-2-3-9-11(14)12(13(15)16)18-17-10-7-5-4-6-8-10/h4-8,11-12,14H,2-3,9H2,1H3,(H,15,16). The number of para-hydroxylation sites is 1. The van der Waals surface area contributed by atoms with Gasteiger partial charge < -0.3 is 15.1 Å². The highest BCUT2D eigenvalue weighted by molar-refractivity contribution is 5.72. The van der Waals surface area contributed by atoms with E-state index in [1.165, 1.54) is 0 Å². The van der Waals surface area contributed by atoms with Crippen LogP contribution in [0.4, 0.5) is 0 Å². The van der Waals surface area contributed by atoms with E-state index in [0.29, 0.717) is 12.2 Å². The van der Waals surface area contributed by atoms with E-state index < -0.39 is 18.2 Å². The Morgan fingerprint density at radius 3 is 2.56 bits per heavy atom.